The van der Waals surface area contributed by atoms with Crippen molar-refractivity contribution in [3.05, 3.63) is 0 Å². The topological polar surface area (TPSA) is 21.3 Å². The number of rotatable bonds is 6. The quantitative estimate of drug-likeness (QED) is 0.735. The summed E-state index contributed by atoms with van der Waals surface area (Å²) in [7, 11) is 0. The highest BCUT2D eigenvalue weighted by molar-refractivity contribution is 4.81. The van der Waals surface area contributed by atoms with Crippen LogP contribution in [-0.4, -0.2) is 25.3 Å². The third-order valence-corrected chi connectivity index (χ3v) is 5.15. The third kappa shape index (κ3) is 4.75. The summed E-state index contributed by atoms with van der Waals surface area (Å²) < 4.78 is 6.26. The van der Waals surface area contributed by atoms with Gasteiger partial charge in [0.2, 0.25) is 0 Å². The molecule has 2 rings (SSSR count). The molecule has 0 amide bonds. The highest BCUT2D eigenvalue weighted by atomic mass is 16.5. The van der Waals surface area contributed by atoms with Crippen LogP contribution in [0.15, 0.2) is 0 Å². The summed E-state index contributed by atoms with van der Waals surface area (Å²) >= 11 is 0. The number of hydrogen-bond donors (Lipinski definition) is 1. The van der Waals surface area contributed by atoms with Crippen molar-refractivity contribution in [2.75, 3.05) is 13.2 Å². The summed E-state index contributed by atoms with van der Waals surface area (Å²) in [6.07, 6.45) is 9.84. The van der Waals surface area contributed by atoms with Crippen LogP contribution in [0, 0.1) is 17.8 Å². The van der Waals surface area contributed by atoms with Crippen LogP contribution in [0.1, 0.15) is 65.7 Å². The first-order chi connectivity index (χ1) is 9.16. The predicted molar refractivity (Wildman–Crippen MR) is 81.3 cm³/mol. The molecule has 0 bridgehead atoms. The van der Waals surface area contributed by atoms with Crippen LogP contribution in [0.4, 0.5) is 0 Å². The highest BCUT2D eigenvalue weighted by Gasteiger charge is 2.31. The first-order valence-electron chi connectivity index (χ1n) is 8.51. The van der Waals surface area contributed by atoms with E-state index < -0.39 is 0 Å². The van der Waals surface area contributed by atoms with Crippen molar-refractivity contribution in [3.63, 3.8) is 0 Å². The van der Waals surface area contributed by atoms with Gasteiger partial charge in [-0.3, -0.25) is 0 Å². The van der Waals surface area contributed by atoms with Crippen LogP contribution in [0.5, 0.6) is 0 Å². The van der Waals surface area contributed by atoms with Crippen LogP contribution in [-0.2, 0) is 4.74 Å². The molecule has 4 atom stereocenters. The van der Waals surface area contributed by atoms with Gasteiger partial charge < -0.3 is 10.1 Å². The van der Waals surface area contributed by atoms with Gasteiger partial charge in [0.25, 0.3) is 0 Å². The van der Waals surface area contributed by atoms with E-state index in [1.807, 2.05) is 0 Å². The average Bonchev–Trinajstić information content (AvgIpc) is 2.87. The molecule has 2 fully saturated rings. The Morgan fingerprint density at radius 3 is 2.74 bits per heavy atom. The van der Waals surface area contributed by atoms with E-state index in [9.17, 15) is 0 Å². The standard InChI is InChI=1S/C17H33NO/c1-13(2)16-9-8-14(3)12-17(16)19-11-5-7-15-6-4-10-18-15/h13-18H,4-12H2,1-3H3. The van der Waals surface area contributed by atoms with Gasteiger partial charge in [0.05, 0.1) is 6.10 Å². The Labute approximate surface area is 119 Å². The van der Waals surface area contributed by atoms with E-state index in [2.05, 4.69) is 26.1 Å². The maximum absolute atomic E-state index is 6.26. The molecular formula is C17H33NO. The van der Waals surface area contributed by atoms with Crippen LogP contribution < -0.4 is 5.32 Å². The molecule has 0 spiro atoms. The zero-order valence-corrected chi connectivity index (χ0v) is 13.2. The summed E-state index contributed by atoms with van der Waals surface area (Å²) in [6, 6.07) is 0.773. The molecule has 1 N–H and O–H groups in total. The zero-order chi connectivity index (χ0) is 13.7. The lowest BCUT2D eigenvalue weighted by Gasteiger charge is -2.37. The van der Waals surface area contributed by atoms with Gasteiger partial charge in [-0.05, 0) is 62.8 Å². The van der Waals surface area contributed by atoms with Gasteiger partial charge in [-0.1, -0.05) is 27.2 Å². The van der Waals surface area contributed by atoms with Crippen molar-refractivity contribution in [2.45, 2.75) is 77.9 Å². The molecule has 1 aliphatic heterocycles. The van der Waals surface area contributed by atoms with Crippen LogP contribution in [0.2, 0.25) is 0 Å². The minimum Gasteiger partial charge on any atom is -0.378 e. The second kappa shape index (κ2) is 7.64. The van der Waals surface area contributed by atoms with Crippen molar-refractivity contribution < 1.29 is 4.74 Å². The SMILES string of the molecule is CC1CCC(C(C)C)C(OCCCC2CCCN2)C1. The molecule has 19 heavy (non-hydrogen) atoms. The van der Waals surface area contributed by atoms with E-state index in [4.69, 9.17) is 4.74 Å². The predicted octanol–water partition coefficient (Wildman–Crippen LogP) is 4.00. The Bertz CT molecular complexity index is 248. The Hall–Kier alpha value is -0.0800. The molecule has 2 nitrogen and oxygen atoms in total. The lowest BCUT2D eigenvalue weighted by molar-refractivity contribution is -0.0397. The lowest BCUT2D eigenvalue weighted by Crippen LogP contribution is -2.34. The van der Waals surface area contributed by atoms with E-state index in [1.54, 1.807) is 0 Å². The summed E-state index contributed by atoms with van der Waals surface area (Å²) in [5.74, 6) is 2.42. The van der Waals surface area contributed by atoms with Gasteiger partial charge in [-0.15, -0.1) is 0 Å². The van der Waals surface area contributed by atoms with Gasteiger partial charge >= 0.3 is 0 Å². The van der Waals surface area contributed by atoms with Gasteiger partial charge in [0.15, 0.2) is 0 Å². The molecule has 1 saturated carbocycles. The van der Waals surface area contributed by atoms with Crippen molar-refractivity contribution in [3.8, 4) is 0 Å². The van der Waals surface area contributed by atoms with Crippen molar-refractivity contribution >= 4 is 0 Å². The minimum atomic E-state index is 0.528. The lowest BCUT2D eigenvalue weighted by atomic mass is 9.75. The molecule has 1 aliphatic carbocycles. The number of hydrogen-bond acceptors (Lipinski definition) is 2. The largest absolute Gasteiger partial charge is 0.378 e. The van der Waals surface area contributed by atoms with Crippen molar-refractivity contribution in [1.29, 1.82) is 0 Å². The molecule has 0 aromatic rings. The normalized spacial score (nSPS) is 36.0. The first-order valence-corrected chi connectivity index (χ1v) is 8.51. The Morgan fingerprint density at radius 1 is 1.21 bits per heavy atom. The molecule has 4 unspecified atom stereocenters. The molecule has 0 radical (unpaired) electrons. The summed E-state index contributed by atoms with van der Waals surface area (Å²) in [4.78, 5) is 0. The van der Waals surface area contributed by atoms with Gasteiger partial charge in [-0.25, -0.2) is 0 Å². The number of nitrogens with one attached hydrogen (secondary N) is 1. The minimum absolute atomic E-state index is 0.528. The summed E-state index contributed by atoms with van der Waals surface area (Å²) in [5.41, 5.74) is 0. The maximum Gasteiger partial charge on any atom is 0.0608 e. The molecule has 1 heterocycles. The molecule has 0 aromatic carbocycles. The molecule has 2 heteroatoms. The first kappa shape index (κ1) is 15.3. The monoisotopic (exact) mass is 267 g/mol. The molecular weight excluding hydrogens is 234 g/mol. The third-order valence-electron chi connectivity index (χ3n) is 5.15. The smallest absolute Gasteiger partial charge is 0.0608 e. The molecule has 1 saturated heterocycles. The fourth-order valence-corrected chi connectivity index (χ4v) is 3.87. The molecule has 0 aromatic heterocycles. The van der Waals surface area contributed by atoms with Crippen LogP contribution >= 0.6 is 0 Å². The Kier molecular flexibility index (Phi) is 6.15. The van der Waals surface area contributed by atoms with Crippen LogP contribution in [0.3, 0.4) is 0 Å². The van der Waals surface area contributed by atoms with E-state index in [0.717, 1.165) is 30.4 Å². The average molecular weight is 267 g/mol. The number of ether oxygens (including phenoxy) is 1. The Balaban J connectivity index is 1.66. The summed E-state index contributed by atoms with van der Waals surface area (Å²) in [6.45, 7) is 9.30. The molecule has 112 valence electrons. The molecule has 2 aliphatic rings. The van der Waals surface area contributed by atoms with E-state index >= 15 is 0 Å². The maximum atomic E-state index is 6.26. The van der Waals surface area contributed by atoms with Gasteiger partial charge in [0, 0.05) is 12.6 Å². The van der Waals surface area contributed by atoms with E-state index in [1.165, 1.54) is 51.5 Å². The van der Waals surface area contributed by atoms with Gasteiger partial charge in [0.1, 0.15) is 0 Å². The van der Waals surface area contributed by atoms with Gasteiger partial charge in [-0.2, -0.15) is 0 Å². The van der Waals surface area contributed by atoms with E-state index in [-0.39, 0.29) is 0 Å². The van der Waals surface area contributed by atoms with Crippen molar-refractivity contribution in [2.24, 2.45) is 17.8 Å². The summed E-state index contributed by atoms with van der Waals surface area (Å²) in [5, 5.41) is 3.57. The zero-order valence-electron chi connectivity index (χ0n) is 13.2. The fourth-order valence-electron chi connectivity index (χ4n) is 3.87. The van der Waals surface area contributed by atoms with Crippen LogP contribution in [0.25, 0.3) is 0 Å². The van der Waals surface area contributed by atoms with E-state index in [0.29, 0.717) is 6.10 Å². The van der Waals surface area contributed by atoms with Crippen molar-refractivity contribution in [1.82, 2.24) is 5.32 Å². The second-order valence-corrected chi connectivity index (χ2v) is 7.17. The Morgan fingerprint density at radius 2 is 2.05 bits per heavy atom. The fraction of sp³-hybridized carbons (Fsp3) is 1.00. The second-order valence-electron chi connectivity index (χ2n) is 7.17. The highest BCUT2D eigenvalue weighted by Crippen LogP contribution is 2.35.